The number of aliphatic hydroxyl groups excluding tert-OH is 1. The van der Waals surface area contributed by atoms with Crippen molar-refractivity contribution < 1.29 is 5.11 Å². The first-order valence-corrected chi connectivity index (χ1v) is 3.12. The first-order valence-electron chi connectivity index (χ1n) is 3.12. The minimum Gasteiger partial charge on any atom is -0.394 e. The van der Waals surface area contributed by atoms with Crippen molar-refractivity contribution in [2.24, 2.45) is 5.73 Å². The maximum atomic E-state index is 8.62. The van der Waals surface area contributed by atoms with Crippen LogP contribution in [0.2, 0.25) is 0 Å². The normalized spacial score (nSPS) is 13.5. The number of hydrogen-bond donors (Lipinski definition) is 3. The molecule has 0 bridgehead atoms. The van der Waals surface area contributed by atoms with E-state index in [0.717, 1.165) is 5.69 Å². The summed E-state index contributed by atoms with van der Waals surface area (Å²) in [5.41, 5.74) is 7.14. The summed E-state index contributed by atoms with van der Waals surface area (Å²) >= 11 is 0. The van der Waals surface area contributed by atoms with Crippen LogP contribution in [0.1, 0.15) is 17.4 Å². The van der Waals surface area contributed by atoms with E-state index >= 15 is 0 Å². The Kier molecular flexibility index (Phi) is 2.03. The summed E-state index contributed by atoms with van der Waals surface area (Å²) < 4.78 is 0. The molecule has 4 nitrogen and oxygen atoms in total. The number of H-pyrrole nitrogens is 1. The fourth-order valence-electron chi connectivity index (χ4n) is 0.723. The van der Waals surface area contributed by atoms with Crippen LogP contribution in [0.25, 0.3) is 0 Å². The van der Waals surface area contributed by atoms with Crippen LogP contribution < -0.4 is 5.73 Å². The highest BCUT2D eigenvalue weighted by molar-refractivity contribution is 5.10. The van der Waals surface area contributed by atoms with E-state index in [1.165, 1.54) is 0 Å². The van der Waals surface area contributed by atoms with Gasteiger partial charge >= 0.3 is 0 Å². The molecule has 0 aliphatic rings. The average Bonchev–Trinajstić information content (AvgIpc) is 2.34. The molecule has 1 atom stereocenters. The van der Waals surface area contributed by atoms with Crippen LogP contribution in [0.3, 0.4) is 0 Å². The second-order valence-corrected chi connectivity index (χ2v) is 2.26. The molecular weight excluding hydrogens is 130 g/mol. The third-order valence-electron chi connectivity index (χ3n) is 1.30. The van der Waals surface area contributed by atoms with Crippen molar-refractivity contribution in [2.45, 2.75) is 13.0 Å². The molecule has 4 N–H and O–H groups in total. The summed E-state index contributed by atoms with van der Waals surface area (Å²) in [6.45, 7) is 1.82. The van der Waals surface area contributed by atoms with E-state index in [0.29, 0.717) is 5.69 Å². The molecule has 0 saturated carbocycles. The van der Waals surface area contributed by atoms with Crippen molar-refractivity contribution in [3.63, 3.8) is 0 Å². The largest absolute Gasteiger partial charge is 0.394 e. The van der Waals surface area contributed by atoms with Gasteiger partial charge in [0, 0.05) is 5.69 Å². The Bertz CT molecular complexity index is 209. The Hall–Kier alpha value is -0.870. The average molecular weight is 141 g/mol. The van der Waals surface area contributed by atoms with E-state index in [-0.39, 0.29) is 12.6 Å². The lowest BCUT2D eigenvalue weighted by molar-refractivity contribution is 0.266. The van der Waals surface area contributed by atoms with Gasteiger partial charge in [-0.25, -0.2) is 0 Å². The number of nitrogens with one attached hydrogen (secondary N) is 1. The van der Waals surface area contributed by atoms with E-state index in [4.69, 9.17) is 10.8 Å². The van der Waals surface area contributed by atoms with Gasteiger partial charge in [-0.2, -0.15) is 5.10 Å². The number of nitrogens with two attached hydrogens (primary N) is 1. The van der Waals surface area contributed by atoms with Crippen molar-refractivity contribution in [2.75, 3.05) is 6.61 Å². The summed E-state index contributed by atoms with van der Waals surface area (Å²) in [5.74, 6) is 0. The van der Waals surface area contributed by atoms with Gasteiger partial charge in [0.2, 0.25) is 0 Å². The van der Waals surface area contributed by atoms with E-state index in [1.54, 1.807) is 0 Å². The Balaban J connectivity index is 2.74. The van der Waals surface area contributed by atoms with Crippen LogP contribution in [-0.2, 0) is 0 Å². The molecule has 1 aromatic heterocycles. The minimum atomic E-state index is -0.357. The monoisotopic (exact) mass is 141 g/mol. The minimum absolute atomic E-state index is 0.0652. The fraction of sp³-hybridized carbons (Fsp3) is 0.500. The maximum absolute atomic E-state index is 8.62. The maximum Gasteiger partial charge on any atom is 0.0815 e. The zero-order valence-electron chi connectivity index (χ0n) is 5.83. The molecule has 0 unspecified atom stereocenters. The third-order valence-corrected chi connectivity index (χ3v) is 1.30. The van der Waals surface area contributed by atoms with Crippen LogP contribution in [0.15, 0.2) is 6.07 Å². The van der Waals surface area contributed by atoms with Crippen molar-refractivity contribution >= 4 is 0 Å². The van der Waals surface area contributed by atoms with Gasteiger partial charge in [0.15, 0.2) is 0 Å². The molecule has 0 aliphatic carbocycles. The zero-order chi connectivity index (χ0) is 7.56. The quantitative estimate of drug-likeness (QED) is 0.529. The number of aryl methyl sites for hydroxylation is 1. The Labute approximate surface area is 59.1 Å². The molecule has 4 heteroatoms. The molecule has 1 rings (SSSR count). The van der Waals surface area contributed by atoms with Crippen molar-refractivity contribution in [1.29, 1.82) is 0 Å². The van der Waals surface area contributed by atoms with Gasteiger partial charge in [-0.15, -0.1) is 0 Å². The highest BCUT2D eigenvalue weighted by Crippen LogP contribution is 2.05. The van der Waals surface area contributed by atoms with Gasteiger partial charge in [0.25, 0.3) is 0 Å². The Morgan fingerprint density at radius 1 is 1.90 bits per heavy atom. The van der Waals surface area contributed by atoms with Gasteiger partial charge in [-0.1, -0.05) is 0 Å². The molecule has 1 aromatic rings. The van der Waals surface area contributed by atoms with Gasteiger partial charge < -0.3 is 10.8 Å². The third kappa shape index (κ3) is 1.34. The number of aromatic amines is 1. The molecule has 0 aromatic carbocycles. The smallest absolute Gasteiger partial charge is 0.0815 e. The number of aliphatic hydroxyl groups is 1. The lowest BCUT2D eigenvalue weighted by atomic mass is 10.2. The molecule has 10 heavy (non-hydrogen) atoms. The highest BCUT2D eigenvalue weighted by atomic mass is 16.3. The fourth-order valence-corrected chi connectivity index (χ4v) is 0.723. The van der Waals surface area contributed by atoms with E-state index in [9.17, 15) is 0 Å². The van der Waals surface area contributed by atoms with Gasteiger partial charge in [-0.05, 0) is 13.0 Å². The van der Waals surface area contributed by atoms with Crippen molar-refractivity contribution in [1.82, 2.24) is 10.2 Å². The highest BCUT2D eigenvalue weighted by Gasteiger charge is 2.06. The van der Waals surface area contributed by atoms with Crippen LogP contribution in [0.4, 0.5) is 0 Å². The number of aromatic nitrogens is 2. The lowest BCUT2D eigenvalue weighted by Crippen LogP contribution is -2.14. The number of hydrogen-bond acceptors (Lipinski definition) is 3. The van der Waals surface area contributed by atoms with E-state index < -0.39 is 0 Å². The van der Waals surface area contributed by atoms with Crippen LogP contribution in [0, 0.1) is 6.92 Å². The number of rotatable bonds is 2. The molecular formula is C6H11N3O. The predicted molar refractivity (Wildman–Crippen MR) is 37.3 cm³/mol. The molecule has 0 fully saturated rings. The van der Waals surface area contributed by atoms with Crippen LogP contribution in [0.5, 0.6) is 0 Å². The molecule has 1 heterocycles. The van der Waals surface area contributed by atoms with Crippen molar-refractivity contribution in [3.05, 3.63) is 17.5 Å². The van der Waals surface area contributed by atoms with Gasteiger partial charge in [0.1, 0.15) is 0 Å². The van der Waals surface area contributed by atoms with E-state index in [2.05, 4.69) is 10.2 Å². The summed E-state index contributed by atoms with van der Waals surface area (Å²) in [4.78, 5) is 0. The molecule has 0 spiro atoms. The second kappa shape index (κ2) is 2.81. The van der Waals surface area contributed by atoms with Crippen molar-refractivity contribution in [3.8, 4) is 0 Å². The van der Waals surface area contributed by atoms with Gasteiger partial charge in [-0.3, -0.25) is 5.10 Å². The lowest BCUT2D eigenvalue weighted by Gasteiger charge is -2.00. The van der Waals surface area contributed by atoms with E-state index in [1.807, 2.05) is 13.0 Å². The summed E-state index contributed by atoms with van der Waals surface area (Å²) in [6.07, 6.45) is 0. The summed E-state index contributed by atoms with van der Waals surface area (Å²) in [7, 11) is 0. The Morgan fingerprint density at radius 3 is 3.00 bits per heavy atom. The first kappa shape index (κ1) is 7.24. The van der Waals surface area contributed by atoms with Crippen LogP contribution in [-0.4, -0.2) is 21.9 Å². The Morgan fingerprint density at radius 2 is 2.60 bits per heavy atom. The zero-order valence-corrected chi connectivity index (χ0v) is 5.83. The molecule has 0 radical (unpaired) electrons. The standard InChI is InChI=1S/C6H11N3O/c1-4-2-6(9-8-4)5(7)3-10/h2,5,10H,3,7H2,1H3,(H,8,9)/t5-/m0/s1. The summed E-state index contributed by atoms with van der Waals surface area (Å²) in [6, 6.07) is 1.46. The first-order chi connectivity index (χ1) is 4.74. The second-order valence-electron chi connectivity index (χ2n) is 2.26. The molecule has 56 valence electrons. The molecule has 0 aliphatic heterocycles. The SMILES string of the molecule is Cc1cc([C@@H](N)CO)n[nH]1. The van der Waals surface area contributed by atoms with Gasteiger partial charge in [0.05, 0.1) is 18.3 Å². The summed E-state index contributed by atoms with van der Waals surface area (Å²) in [5, 5.41) is 15.2. The molecule has 0 amide bonds. The topological polar surface area (TPSA) is 74.9 Å². The van der Waals surface area contributed by atoms with Crippen LogP contribution >= 0.6 is 0 Å². The molecule has 0 saturated heterocycles. The number of nitrogens with zero attached hydrogens (tertiary/aromatic N) is 1. The predicted octanol–water partition coefficient (Wildman–Crippen LogP) is -0.290.